The molecule has 0 saturated heterocycles. The fourth-order valence-electron chi connectivity index (χ4n) is 2.06. The van der Waals surface area contributed by atoms with Crippen molar-refractivity contribution in [2.24, 2.45) is 5.73 Å². The SMILES string of the molecule is Cc1ccc(COc2cc(Br)ccc2C(C)N)cc1C. The Balaban J connectivity index is 2.17. The van der Waals surface area contributed by atoms with E-state index in [-0.39, 0.29) is 6.04 Å². The minimum absolute atomic E-state index is 0.0437. The van der Waals surface area contributed by atoms with Crippen LogP contribution in [0, 0.1) is 13.8 Å². The van der Waals surface area contributed by atoms with E-state index in [0.29, 0.717) is 6.61 Å². The largest absolute Gasteiger partial charge is 0.489 e. The van der Waals surface area contributed by atoms with Gasteiger partial charge in [-0.2, -0.15) is 0 Å². The van der Waals surface area contributed by atoms with Gasteiger partial charge < -0.3 is 10.5 Å². The van der Waals surface area contributed by atoms with Crippen molar-refractivity contribution < 1.29 is 4.74 Å². The van der Waals surface area contributed by atoms with E-state index in [0.717, 1.165) is 15.8 Å². The average Bonchev–Trinajstić information content (AvgIpc) is 2.40. The summed E-state index contributed by atoms with van der Waals surface area (Å²) in [5.74, 6) is 0.840. The van der Waals surface area contributed by atoms with Gasteiger partial charge in [-0.05, 0) is 49.6 Å². The van der Waals surface area contributed by atoms with Gasteiger partial charge >= 0.3 is 0 Å². The first-order valence-electron chi connectivity index (χ1n) is 6.71. The topological polar surface area (TPSA) is 35.2 Å². The standard InChI is InChI=1S/C17H20BrNO/c1-11-4-5-14(8-12(11)2)10-20-17-9-15(18)6-7-16(17)13(3)19/h4-9,13H,10,19H2,1-3H3. The summed E-state index contributed by atoms with van der Waals surface area (Å²) in [5.41, 5.74) is 10.8. The number of ether oxygens (including phenoxy) is 1. The zero-order valence-corrected chi connectivity index (χ0v) is 13.7. The van der Waals surface area contributed by atoms with Crippen LogP contribution in [0.15, 0.2) is 40.9 Å². The van der Waals surface area contributed by atoms with Gasteiger partial charge in [-0.25, -0.2) is 0 Å². The predicted octanol–water partition coefficient (Wildman–Crippen LogP) is 4.66. The molecule has 1 atom stereocenters. The second kappa shape index (κ2) is 6.42. The van der Waals surface area contributed by atoms with Gasteiger partial charge in [0.2, 0.25) is 0 Å². The van der Waals surface area contributed by atoms with E-state index in [9.17, 15) is 0 Å². The molecule has 2 aromatic carbocycles. The quantitative estimate of drug-likeness (QED) is 0.882. The Hall–Kier alpha value is -1.32. The summed E-state index contributed by atoms with van der Waals surface area (Å²) in [7, 11) is 0. The second-order valence-corrected chi connectivity index (χ2v) is 6.09. The number of nitrogens with two attached hydrogens (primary N) is 1. The number of aryl methyl sites for hydroxylation is 2. The van der Waals surface area contributed by atoms with E-state index >= 15 is 0 Å². The van der Waals surface area contributed by atoms with Gasteiger partial charge in [0.05, 0.1) is 0 Å². The summed E-state index contributed by atoms with van der Waals surface area (Å²) in [4.78, 5) is 0. The Kier molecular flexibility index (Phi) is 4.84. The summed E-state index contributed by atoms with van der Waals surface area (Å²) >= 11 is 3.47. The first-order chi connectivity index (χ1) is 9.47. The summed E-state index contributed by atoms with van der Waals surface area (Å²) in [6, 6.07) is 12.3. The molecule has 2 rings (SSSR count). The molecule has 2 aromatic rings. The zero-order chi connectivity index (χ0) is 14.7. The lowest BCUT2D eigenvalue weighted by molar-refractivity contribution is 0.301. The van der Waals surface area contributed by atoms with E-state index in [2.05, 4.69) is 48.0 Å². The van der Waals surface area contributed by atoms with Crippen LogP contribution in [-0.2, 0) is 6.61 Å². The van der Waals surface area contributed by atoms with Gasteiger partial charge in [0.15, 0.2) is 0 Å². The highest BCUT2D eigenvalue weighted by Gasteiger charge is 2.09. The van der Waals surface area contributed by atoms with E-state index in [1.807, 2.05) is 25.1 Å². The molecule has 0 saturated carbocycles. The maximum absolute atomic E-state index is 5.98. The van der Waals surface area contributed by atoms with Crippen LogP contribution in [0.5, 0.6) is 5.75 Å². The van der Waals surface area contributed by atoms with Crippen molar-refractivity contribution in [1.29, 1.82) is 0 Å². The lowest BCUT2D eigenvalue weighted by Crippen LogP contribution is -2.08. The Morgan fingerprint density at radius 1 is 1.10 bits per heavy atom. The third-order valence-corrected chi connectivity index (χ3v) is 3.93. The Bertz CT molecular complexity index is 608. The molecule has 2 N–H and O–H groups in total. The number of rotatable bonds is 4. The molecular formula is C17H20BrNO. The molecule has 0 heterocycles. The van der Waals surface area contributed by atoms with Crippen LogP contribution < -0.4 is 10.5 Å². The highest BCUT2D eigenvalue weighted by molar-refractivity contribution is 9.10. The molecular weight excluding hydrogens is 314 g/mol. The highest BCUT2D eigenvalue weighted by Crippen LogP contribution is 2.28. The van der Waals surface area contributed by atoms with Crippen LogP contribution in [0.2, 0.25) is 0 Å². The average molecular weight is 334 g/mol. The molecule has 0 bridgehead atoms. The normalized spacial score (nSPS) is 12.2. The summed E-state index contributed by atoms with van der Waals surface area (Å²) in [6.45, 7) is 6.75. The molecule has 0 amide bonds. The van der Waals surface area contributed by atoms with Crippen molar-refractivity contribution in [1.82, 2.24) is 0 Å². The Morgan fingerprint density at radius 3 is 2.50 bits per heavy atom. The summed E-state index contributed by atoms with van der Waals surface area (Å²) in [6.07, 6.45) is 0. The fourth-order valence-corrected chi connectivity index (χ4v) is 2.40. The smallest absolute Gasteiger partial charge is 0.125 e. The maximum atomic E-state index is 5.98. The lowest BCUT2D eigenvalue weighted by Gasteiger charge is -2.15. The van der Waals surface area contributed by atoms with E-state index in [1.165, 1.54) is 16.7 Å². The van der Waals surface area contributed by atoms with Crippen molar-refractivity contribution in [3.63, 3.8) is 0 Å². The van der Waals surface area contributed by atoms with E-state index in [1.54, 1.807) is 0 Å². The van der Waals surface area contributed by atoms with Crippen LogP contribution in [-0.4, -0.2) is 0 Å². The molecule has 0 aliphatic carbocycles. The van der Waals surface area contributed by atoms with Gasteiger partial charge in [0.25, 0.3) is 0 Å². The highest BCUT2D eigenvalue weighted by atomic mass is 79.9. The van der Waals surface area contributed by atoms with Crippen molar-refractivity contribution in [3.8, 4) is 5.75 Å². The zero-order valence-electron chi connectivity index (χ0n) is 12.1. The molecule has 2 nitrogen and oxygen atoms in total. The molecule has 0 aromatic heterocycles. The van der Waals surface area contributed by atoms with Gasteiger partial charge in [0, 0.05) is 16.1 Å². The molecule has 3 heteroatoms. The van der Waals surface area contributed by atoms with Crippen LogP contribution in [0.1, 0.15) is 35.2 Å². The second-order valence-electron chi connectivity index (χ2n) is 5.18. The van der Waals surface area contributed by atoms with Crippen LogP contribution in [0.3, 0.4) is 0 Å². The minimum atomic E-state index is -0.0437. The summed E-state index contributed by atoms with van der Waals surface area (Å²) in [5, 5.41) is 0. The van der Waals surface area contributed by atoms with E-state index < -0.39 is 0 Å². The number of hydrogen-bond donors (Lipinski definition) is 1. The number of halogens is 1. The third-order valence-electron chi connectivity index (χ3n) is 3.43. The molecule has 1 unspecified atom stereocenters. The molecule has 0 aliphatic heterocycles. The van der Waals surface area contributed by atoms with Crippen LogP contribution >= 0.6 is 15.9 Å². The van der Waals surface area contributed by atoms with Gasteiger partial charge in [-0.15, -0.1) is 0 Å². The van der Waals surface area contributed by atoms with Crippen molar-refractivity contribution >= 4 is 15.9 Å². The van der Waals surface area contributed by atoms with Gasteiger partial charge in [-0.3, -0.25) is 0 Å². The van der Waals surface area contributed by atoms with Crippen LogP contribution in [0.4, 0.5) is 0 Å². The molecule has 0 spiro atoms. The van der Waals surface area contributed by atoms with Crippen molar-refractivity contribution in [2.45, 2.75) is 33.4 Å². The van der Waals surface area contributed by atoms with E-state index in [4.69, 9.17) is 10.5 Å². The van der Waals surface area contributed by atoms with Crippen molar-refractivity contribution in [3.05, 3.63) is 63.1 Å². The third kappa shape index (κ3) is 3.62. The minimum Gasteiger partial charge on any atom is -0.489 e. The Labute approximate surface area is 129 Å². The lowest BCUT2D eigenvalue weighted by atomic mass is 10.1. The fraction of sp³-hybridized carbons (Fsp3) is 0.294. The van der Waals surface area contributed by atoms with Crippen molar-refractivity contribution in [2.75, 3.05) is 0 Å². The van der Waals surface area contributed by atoms with Gasteiger partial charge in [0.1, 0.15) is 12.4 Å². The first kappa shape index (κ1) is 15.1. The molecule has 20 heavy (non-hydrogen) atoms. The predicted molar refractivity (Wildman–Crippen MR) is 87.0 cm³/mol. The Morgan fingerprint density at radius 2 is 1.85 bits per heavy atom. The maximum Gasteiger partial charge on any atom is 0.125 e. The van der Waals surface area contributed by atoms with Crippen LogP contribution in [0.25, 0.3) is 0 Å². The molecule has 106 valence electrons. The molecule has 0 fully saturated rings. The molecule has 0 radical (unpaired) electrons. The summed E-state index contributed by atoms with van der Waals surface area (Å²) < 4.78 is 6.95. The van der Waals surface area contributed by atoms with Gasteiger partial charge in [-0.1, -0.05) is 40.2 Å². The first-order valence-corrected chi connectivity index (χ1v) is 7.50. The monoisotopic (exact) mass is 333 g/mol. The number of benzene rings is 2. The molecule has 0 aliphatic rings. The number of hydrogen-bond acceptors (Lipinski definition) is 2.